The molecular weight excluding hydrogens is 548 g/mol. The van der Waals surface area contributed by atoms with Crippen LogP contribution in [0.25, 0.3) is 0 Å². The topological polar surface area (TPSA) is 125 Å². The number of aryl methyl sites for hydroxylation is 2. The summed E-state index contributed by atoms with van der Waals surface area (Å²) in [5.74, 6) is -1.04. The number of aromatic nitrogens is 2. The molecule has 2 aromatic carbocycles. The fourth-order valence-corrected chi connectivity index (χ4v) is 3.98. The molecule has 0 aliphatic rings. The Morgan fingerprint density at radius 1 is 0.744 bits per heavy atom. The summed E-state index contributed by atoms with van der Waals surface area (Å²) in [4.78, 5) is 43.6. The highest BCUT2D eigenvalue weighted by molar-refractivity contribution is 5.99. The highest BCUT2D eigenvalue weighted by Crippen LogP contribution is 2.28. The predicted octanol–water partition coefficient (Wildman–Crippen LogP) is 6.41. The normalized spacial score (nSPS) is 10.6. The van der Waals surface area contributed by atoms with Crippen molar-refractivity contribution in [2.75, 3.05) is 7.11 Å². The number of carbonyl (C=O) groups is 3. The number of esters is 1. The first kappa shape index (κ1) is 32.5. The van der Waals surface area contributed by atoms with Gasteiger partial charge < -0.3 is 19.3 Å². The number of methoxy groups -OCH3 is 1. The lowest BCUT2D eigenvalue weighted by Gasteiger charge is -2.20. The van der Waals surface area contributed by atoms with Crippen LogP contribution in [-0.4, -0.2) is 39.9 Å². The molecule has 0 spiro atoms. The highest BCUT2D eigenvalue weighted by Gasteiger charge is 2.33. The number of ether oxygens (including phenoxy) is 3. The quantitative estimate of drug-likeness (QED) is 0.157. The number of Topliss-reactive ketones (excluding diaryl/α,β-unsaturated/α-hetero) is 1. The van der Waals surface area contributed by atoms with Crippen LogP contribution in [0.2, 0.25) is 0 Å². The van der Waals surface area contributed by atoms with Gasteiger partial charge in [0.2, 0.25) is 0 Å². The van der Waals surface area contributed by atoms with Crippen molar-refractivity contribution in [3.8, 4) is 11.5 Å². The van der Waals surface area contributed by atoms with Gasteiger partial charge in [0.15, 0.2) is 17.2 Å². The number of rotatable bonds is 11. The Balaban J connectivity index is 0.000000248. The van der Waals surface area contributed by atoms with E-state index in [1.165, 1.54) is 13.3 Å². The molecule has 0 bridgehead atoms. The number of hydrogen-bond acceptors (Lipinski definition) is 8. The van der Waals surface area contributed by atoms with Crippen molar-refractivity contribution in [2.24, 2.45) is 5.41 Å². The summed E-state index contributed by atoms with van der Waals surface area (Å²) in [5.41, 5.74) is 2.99. The molecule has 4 aromatic rings. The molecule has 4 rings (SSSR count). The minimum Gasteiger partial charge on any atom is -0.486 e. The average molecular weight is 585 g/mol. The zero-order valence-electron chi connectivity index (χ0n) is 25.0. The van der Waals surface area contributed by atoms with E-state index in [0.717, 1.165) is 22.3 Å². The van der Waals surface area contributed by atoms with Crippen LogP contribution in [0.4, 0.5) is 0 Å². The van der Waals surface area contributed by atoms with E-state index in [9.17, 15) is 14.4 Å². The van der Waals surface area contributed by atoms with E-state index in [4.69, 9.17) is 19.3 Å². The lowest BCUT2D eigenvalue weighted by Crippen LogP contribution is -2.29. The standard InChI is InChI=1S/C20H23NO4.C14H13NO3/c1-14-10-17(25-13-15-8-6-5-7-9-15)18(21-12-14)16(22)11-20(2,3)19(23)24-4;1-10-7-12(13(14(16)17)15-8-10)18-9-11-5-3-2-4-6-11/h5-10,12H,11,13H2,1-4H3;2-8H,9H2,1H3,(H,16,17). The molecule has 0 saturated carbocycles. The second kappa shape index (κ2) is 15.3. The van der Waals surface area contributed by atoms with Gasteiger partial charge in [-0.05, 0) is 62.1 Å². The Hall–Kier alpha value is -5.05. The Kier molecular flexibility index (Phi) is 11.5. The van der Waals surface area contributed by atoms with Crippen LogP contribution in [0.15, 0.2) is 85.2 Å². The van der Waals surface area contributed by atoms with Gasteiger partial charge in [-0.2, -0.15) is 0 Å². The summed E-state index contributed by atoms with van der Waals surface area (Å²) in [6.45, 7) is 7.74. The molecule has 2 heterocycles. The van der Waals surface area contributed by atoms with E-state index >= 15 is 0 Å². The largest absolute Gasteiger partial charge is 0.486 e. The van der Waals surface area contributed by atoms with E-state index < -0.39 is 17.4 Å². The van der Waals surface area contributed by atoms with Crippen molar-refractivity contribution in [3.63, 3.8) is 0 Å². The molecule has 0 fully saturated rings. The van der Waals surface area contributed by atoms with Crippen LogP contribution in [-0.2, 0) is 22.7 Å². The number of carbonyl (C=O) groups excluding carboxylic acids is 2. The maximum atomic E-state index is 12.7. The summed E-state index contributed by atoms with van der Waals surface area (Å²) in [6, 6.07) is 22.7. The molecule has 224 valence electrons. The third-order valence-electron chi connectivity index (χ3n) is 6.26. The molecule has 1 N–H and O–H groups in total. The molecule has 0 saturated heterocycles. The van der Waals surface area contributed by atoms with Gasteiger partial charge in [-0.15, -0.1) is 0 Å². The summed E-state index contributed by atoms with van der Waals surface area (Å²) >= 11 is 0. The van der Waals surface area contributed by atoms with Crippen LogP contribution in [0.5, 0.6) is 11.5 Å². The molecule has 9 heteroatoms. The fourth-order valence-electron chi connectivity index (χ4n) is 3.98. The molecule has 0 amide bonds. The first-order valence-corrected chi connectivity index (χ1v) is 13.6. The lowest BCUT2D eigenvalue weighted by molar-refractivity contribution is -0.150. The van der Waals surface area contributed by atoms with Crippen LogP contribution in [0, 0.1) is 19.3 Å². The number of nitrogens with zero attached hydrogens (tertiary/aromatic N) is 2. The van der Waals surface area contributed by atoms with Crippen molar-refractivity contribution in [1.29, 1.82) is 0 Å². The van der Waals surface area contributed by atoms with E-state index in [2.05, 4.69) is 9.97 Å². The van der Waals surface area contributed by atoms with Crippen LogP contribution in [0.1, 0.15) is 63.5 Å². The van der Waals surface area contributed by atoms with E-state index in [-0.39, 0.29) is 23.6 Å². The van der Waals surface area contributed by atoms with E-state index in [1.807, 2.05) is 74.5 Å². The molecule has 0 aliphatic heterocycles. The molecule has 0 radical (unpaired) electrons. The van der Waals surface area contributed by atoms with Crippen molar-refractivity contribution in [1.82, 2.24) is 9.97 Å². The minimum atomic E-state index is -1.09. The SMILES string of the molecule is COC(=O)C(C)(C)CC(=O)c1ncc(C)cc1OCc1ccccc1.Cc1cnc(C(=O)O)c(OCc2ccccc2)c1. The van der Waals surface area contributed by atoms with Crippen LogP contribution in [0.3, 0.4) is 0 Å². The van der Waals surface area contributed by atoms with Crippen molar-refractivity contribution in [2.45, 2.75) is 47.3 Å². The van der Waals surface area contributed by atoms with Gasteiger partial charge in [0, 0.05) is 18.8 Å². The monoisotopic (exact) mass is 584 g/mol. The van der Waals surface area contributed by atoms with E-state index in [1.54, 1.807) is 32.2 Å². The van der Waals surface area contributed by atoms with Crippen LogP contribution >= 0.6 is 0 Å². The molecule has 9 nitrogen and oxygen atoms in total. The molecule has 0 unspecified atom stereocenters. The highest BCUT2D eigenvalue weighted by atomic mass is 16.5. The molecule has 0 aliphatic carbocycles. The van der Waals surface area contributed by atoms with Gasteiger partial charge in [0.25, 0.3) is 0 Å². The Morgan fingerprint density at radius 2 is 1.19 bits per heavy atom. The number of ketones is 1. The predicted molar refractivity (Wildman–Crippen MR) is 161 cm³/mol. The minimum absolute atomic E-state index is 0.00255. The third kappa shape index (κ3) is 9.78. The number of hydrogen-bond donors (Lipinski definition) is 1. The Bertz CT molecular complexity index is 1540. The number of carboxylic acid groups (broad SMARTS) is 1. The first-order valence-electron chi connectivity index (χ1n) is 13.6. The van der Waals surface area contributed by atoms with Gasteiger partial charge in [0.1, 0.15) is 24.7 Å². The maximum Gasteiger partial charge on any atom is 0.358 e. The summed E-state index contributed by atoms with van der Waals surface area (Å²) in [6.07, 6.45) is 3.13. The van der Waals surface area contributed by atoms with Crippen molar-refractivity contribution < 1.29 is 33.7 Å². The van der Waals surface area contributed by atoms with E-state index in [0.29, 0.717) is 24.7 Å². The molecule has 0 atom stereocenters. The second-order valence-corrected chi connectivity index (χ2v) is 10.5. The molecular formula is C34H36N2O7. The Morgan fingerprint density at radius 3 is 1.63 bits per heavy atom. The first-order chi connectivity index (χ1) is 20.5. The summed E-state index contributed by atoms with van der Waals surface area (Å²) < 4.78 is 16.1. The number of benzene rings is 2. The average Bonchev–Trinajstić information content (AvgIpc) is 2.99. The summed E-state index contributed by atoms with van der Waals surface area (Å²) in [7, 11) is 1.31. The van der Waals surface area contributed by atoms with Crippen molar-refractivity contribution in [3.05, 3.63) is 119 Å². The zero-order chi connectivity index (χ0) is 31.4. The zero-order valence-corrected chi connectivity index (χ0v) is 25.0. The number of pyridine rings is 2. The Labute approximate surface area is 251 Å². The van der Waals surface area contributed by atoms with Gasteiger partial charge in [0.05, 0.1) is 12.5 Å². The lowest BCUT2D eigenvalue weighted by atomic mass is 9.86. The smallest absolute Gasteiger partial charge is 0.358 e. The molecule has 2 aromatic heterocycles. The third-order valence-corrected chi connectivity index (χ3v) is 6.26. The maximum absolute atomic E-state index is 12.7. The number of aromatic carboxylic acids is 1. The van der Waals surface area contributed by atoms with Gasteiger partial charge in [-0.25, -0.2) is 14.8 Å². The second-order valence-electron chi connectivity index (χ2n) is 10.5. The fraction of sp³-hybridized carbons (Fsp3) is 0.265. The number of carboxylic acids is 1. The van der Waals surface area contributed by atoms with Gasteiger partial charge in [-0.1, -0.05) is 60.7 Å². The van der Waals surface area contributed by atoms with Crippen molar-refractivity contribution >= 4 is 17.7 Å². The summed E-state index contributed by atoms with van der Waals surface area (Å²) in [5, 5.41) is 9.01. The van der Waals surface area contributed by atoms with Gasteiger partial charge in [-0.3, -0.25) is 9.59 Å². The molecule has 43 heavy (non-hydrogen) atoms. The van der Waals surface area contributed by atoms with Gasteiger partial charge >= 0.3 is 11.9 Å². The van der Waals surface area contributed by atoms with Crippen LogP contribution < -0.4 is 9.47 Å².